The molecule has 25 heavy (non-hydrogen) atoms. The predicted molar refractivity (Wildman–Crippen MR) is 97.4 cm³/mol. The fourth-order valence-corrected chi connectivity index (χ4v) is 3.53. The van der Waals surface area contributed by atoms with Crippen molar-refractivity contribution < 1.29 is 19.4 Å². The maximum absolute atomic E-state index is 11.8. The minimum atomic E-state index is -0.883. The molecule has 5 heteroatoms. The molecule has 1 saturated carbocycles. The minimum Gasteiger partial charge on any atom is -0.465 e. The van der Waals surface area contributed by atoms with Gasteiger partial charge in [0.25, 0.3) is 0 Å². The molecule has 1 aromatic rings. The molecule has 140 valence electrons. The normalized spacial score (nSPS) is 22.4. The molecule has 3 unspecified atom stereocenters. The van der Waals surface area contributed by atoms with Gasteiger partial charge in [-0.1, -0.05) is 43.2 Å². The van der Waals surface area contributed by atoms with Crippen LogP contribution in [0.25, 0.3) is 0 Å². The highest BCUT2D eigenvalue weighted by molar-refractivity contribution is 5.66. The van der Waals surface area contributed by atoms with Crippen LogP contribution < -0.4 is 0 Å². The molecule has 1 aliphatic rings. The lowest BCUT2D eigenvalue weighted by Gasteiger charge is -2.45. The van der Waals surface area contributed by atoms with Gasteiger partial charge in [0.05, 0.1) is 18.8 Å². The third-order valence-corrected chi connectivity index (χ3v) is 4.62. The Morgan fingerprint density at radius 1 is 1.24 bits per heavy atom. The van der Waals surface area contributed by atoms with Crippen LogP contribution in [0.3, 0.4) is 0 Å². The number of hydrogen-bond donors (Lipinski definition) is 1. The van der Waals surface area contributed by atoms with Gasteiger partial charge in [-0.2, -0.15) is 0 Å². The van der Waals surface area contributed by atoms with Gasteiger partial charge in [0.15, 0.2) is 6.29 Å². The standard InChI is InChI=1S/C20H31NO4/c1-15(24-14-16-10-6-5-7-11-16)25-18-13-9-8-12-17(18)21(19(22)23)20(2,3)4/h5-7,10-11,15,17-18H,8-9,12-14H2,1-4H3,(H,22,23). The van der Waals surface area contributed by atoms with Crippen LogP contribution in [-0.2, 0) is 16.1 Å². The summed E-state index contributed by atoms with van der Waals surface area (Å²) in [6.45, 7) is 8.17. The van der Waals surface area contributed by atoms with E-state index in [0.717, 1.165) is 31.2 Å². The number of ether oxygens (including phenoxy) is 2. The zero-order chi connectivity index (χ0) is 18.4. The van der Waals surface area contributed by atoms with E-state index in [0.29, 0.717) is 6.61 Å². The number of carboxylic acid groups (broad SMARTS) is 1. The van der Waals surface area contributed by atoms with Gasteiger partial charge in [0.2, 0.25) is 0 Å². The number of benzene rings is 1. The number of carbonyl (C=O) groups is 1. The molecule has 0 saturated heterocycles. The van der Waals surface area contributed by atoms with E-state index >= 15 is 0 Å². The lowest BCUT2D eigenvalue weighted by atomic mass is 9.88. The summed E-state index contributed by atoms with van der Waals surface area (Å²) in [6, 6.07) is 9.84. The second-order valence-corrected chi connectivity index (χ2v) is 7.71. The molecule has 1 amide bonds. The number of hydrogen-bond acceptors (Lipinski definition) is 3. The van der Waals surface area contributed by atoms with Crippen LogP contribution >= 0.6 is 0 Å². The van der Waals surface area contributed by atoms with Crippen LogP contribution in [0.4, 0.5) is 4.79 Å². The summed E-state index contributed by atoms with van der Waals surface area (Å²) in [7, 11) is 0. The molecule has 0 spiro atoms. The summed E-state index contributed by atoms with van der Waals surface area (Å²) in [5.74, 6) is 0. The molecule has 1 aliphatic carbocycles. The third kappa shape index (κ3) is 5.72. The lowest BCUT2D eigenvalue weighted by molar-refractivity contribution is -0.189. The summed E-state index contributed by atoms with van der Waals surface area (Å²) in [4.78, 5) is 13.4. The van der Waals surface area contributed by atoms with Gasteiger partial charge < -0.3 is 14.6 Å². The molecule has 0 bridgehead atoms. The molecule has 0 radical (unpaired) electrons. The second-order valence-electron chi connectivity index (χ2n) is 7.71. The number of nitrogens with zero attached hydrogens (tertiary/aromatic N) is 1. The first-order valence-corrected chi connectivity index (χ1v) is 9.12. The molecule has 0 aromatic heterocycles. The summed E-state index contributed by atoms with van der Waals surface area (Å²) in [6.07, 6.45) is 2.40. The molecule has 5 nitrogen and oxygen atoms in total. The van der Waals surface area contributed by atoms with Crippen molar-refractivity contribution in [2.45, 2.75) is 84.0 Å². The lowest BCUT2D eigenvalue weighted by Crippen LogP contribution is -2.57. The van der Waals surface area contributed by atoms with Gasteiger partial charge in [0.1, 0.15) is 0 Å². The topological polar surface area (TPSA) is 59.0 Å². The van der Waals surface area contributed by atoms with Crippen molar-refractivity contribution >= 4 is 6.09 Å². The number of rotatable bonds is 6. The summed E-state index contributed by atoms with van der Waals surface area (Å²) in [5.41, 5.74) is 0.642. The zero-order valence-electron chi connectivity index (χ0n) is 15.8. The Morgan fingerprint density at radius 3 is 2.48 bits per heavy atom. The Labute approximate surface area is 150 Å². The Morgan fingerprint density at radius 2 is 1.88 bits per heavy atom. The third-order valence-electron chi connectivity index (χ3n) is 4.62. The molecular weight excluding hydrogens is 318 g/mol. The van der Waals surface area contributed by atoms with E-state index in [2.05, 4.69) is 0 Å². The Balaban J connectivity index is 1.98. The van der Waals surface area contributed by atoms with Gasteiger partial charge in [-0.15, -0.1) is 0 Å². The second kappa shape index (κ2) is 8.68. The Hall–Kier alpha value is -1.59. The van der Waals surface area contributed by atoms with Crippen LogP contribution in [0.2, 0.25) is 0 Å². The van der Waals surface area contributed by atoms with E-state index in [1.54, 1.807) is 4.90 Å². The number of amides is 1. The first kappa shape index (κ1) is 19.7. The van der Waals surface area contributed by atoms with Crippen molar-refractivity contribution in [3.8, 4) is 0 Å². The zero-order valence-corrected chi connectivity index (χ0v) is 15.8. The van der Waals surface area contributed by atoms with Gasteiger partial charge in [-0.05, 0) is 46.1 Å². The van der Waals surface area contributed by atoms with Crippen molar-refractivity contribution in [3.63, 3.8) is 0 Å². The highest BCUT2D eigenvalue weighted by atomic mass is 16.7. The molecule has 0 heterocycles. The molecule has 0 aliphatic heterocycles. The van der Waals surface area contributed by atoms with Gasteiger partial charge >= 0.3 is 6.09 Å². The maximum Gasteiger partial charge on any atom is 0.408 e. The van der Waals surface area contributed by atoms with Crippen LogP contribution in [-0.4, -0.2) is 40.1 Å². The van der Waals surface area contributed by atoms with E-state index in [-0.39, 0.29) is 18.4 Å². The maximum atomic E-state index is 11.8. The monoisotopic (exact) mass is 349 g/mol. The molecule has 1 N–H and O–H groups in total. The van der Waals surface area contributed by atoms with Crippen LogP contribution in [0.1, 0.15) is 58.9 Å². The Kier molecular flexibility index (Phi) is 6.85. The van der Waals surface area contributed by atoms with Gasteiger partial charge in [-0.3, -0.25) is 4.90 Å². The molecule has 1 aromatic carbocycles. The van der Waals surface area contributed by atoms with Crippen molar-refractivity contribution in [1.29, 1.82) is 0 Å². The molecular formula is C20H31NO4. The van der Waals surface area contributed by atoms with E-state index < -0.39 is 11.6 Å². The van der Waals surface area contributed by atoms with Crippen molar-refractivity contribution in [3.05, 3.63) is 35.9 Å². The summed E-state index contributed by atoms with van der Waals surface area (Å²) in [5, 5.41) is 9.70. The van der Waals surface area contributed by atoms with Crippen LogP contribution in [0, 0.1) is 0 Å². The Bertz CT molecular complexity index is 540. The SMILES string of the molecule is CC(OCc1ccccc1)OC1CCCCC1N(C(=O)O)C(C)(C)C. The smallest absolute Gasteiger partial charge is 0.408 e. The van der Waals surface area contributed by atoms with Crippen molar-refractivity contribution in [1.82, 2.24) is 4.90 Å². The summed E-state index contributed by atoms with van der Waals surface area (Å²) < 4.78 is 11.9. The van der Waals surface area contributed by atoms with E-state index in [1.165, 1.54) is 0 Å². The molecule has 3 atom stereocenters. The fraction of sp³-hybridized carbons (Fsp3) is 0.650. The van der Waals surface area contributed by atoms with E-state index in [1.807, 2.05) is 58.0 Å². The van der Waals surface area contributed by atoms with Crippen molar-refractivity contribution in [2.24, 2.45) is 0 Å². The minimum absolute atomic E-state index is 0.130. The highest BCUT2D eigenvalue weighted by Gasteiger charge is 2.40. The highest BCUT2D eigenvalue weighted by Crippen LogP contribution is 2.31. The van der Waals surface area contributed by atoms with Gasteiger partial charge in [0, 0.05) is 5.54 Å². The van der Waals surface area contributed by atoms with Crippen molar-refractivity contribution in [2.75, 3.05) is 0 Å². The first-order chi connectivity index (χ1) is 11.8. The molecule has 2 rings (SSSR count). The quantitative estimate of drug-likeness (QED) is 0.759. The van der Waals surface area contributed by atoms with Crippen LogP contribution in [0.5, 0.6) is 0 Å². The predicted octanol–water partition coefficient (Wildman–Crippen LogP) is 4.66. The fourth-order valence-electron chi connectivity index (χ4n) is 3.53. The first-order valence-electron chi connectivity index (χ1n) is 9.12. The van der Waals surface area contributed by atoms with Crippen LogP contribution in [0.15, 0.2) is 30.3 Å². The largest absolute Gasteiger partial charge is 0.465 e. The van der Waals surface area contributed by atoms with E-state index in [4.69, 9.17) is 9.47 Å². The average molecular weight is 349 g/mol. The summed E-state index contributed by atoms with van der Waals surface area (Å²) >= 11 is 0. The van der Waals surface area contributed by atoms with E-state index in [9.17, 15) is 9.90 Å². The van der Waals surface area contributed by atoms with Gasteiger partial charge in [-0.25, -0.2) is 4.79 Å². The average Bonchev–Trinajstić information content (AvgIpc) is 2.54. The molecule has 1 fully saturated rings.